The summed E-state index contributed by atoms with van der Waals surface area (Å²) in [5, 5.41) is 29.5. The van der Waals surface area contributed by atoms with Crippen LogP contribution in [0.1, 0.15) is 16.7 Å². The van der Waals surface area contributed by atoms with Gasteiger partial charge in [0.1, 0.15) is 0 Å². The molecule has 0 aliphatic rings. The number of ketones is 2. The fourth-order valence-corrected chi connectivity index (χ4v) is 3.61. The smallest absolute Gasteiger partial charge is 0.166 e. The lowest BCUT2D eigenvalue weighted by Crippen LogP contribution is -2.23. The van der Waals surface area contributed by atoms with Gasteiger partial charge in [0, 0.05) is 0 Å². The molecule has 8 heteroatoms. The van der Waals surface area contributed by atoms with Crippen LogP contribution in [0.3, 0.4) is 0 Å². The van der Waals surface area contributed by atoms with Gasteiger partial charge in [-0.2, -0.15) is 0 Å². The topological polar surface area (TPSA) is 123 Å². The van der Waals surface area contributed by atoms with Crippen molar-refractivity contribution in [2.24, 2.45) is 5.92 Å². The van der Waals surface area contributed by atoms with Crippen molar-refractivity contribution in [2.45, 2.75) is 6.42 Å². The number of carbonyl (C=O) groups excluding carboxylic acids is 2. The Labute approximate surface area is 214 Å². The second kappa shape index (κ2) is 12.3. The number of phenols is 3. The molecular formula is C29H28O8. The molecule has 3 N–H and O–H groups in total. The molecule has 0 saturated heterocycles. The zero-order valence-corrected chi connectivity index (χ0v) is 20.7. The molecule has 0 fully saturated rings. The average Bonchev–Trinajstić information content (AvgIpc) is 2.91. The summed E-state index contributed by atoms with van der Waals surface area (Å²) in [6.45, 7) is 0. The van der Waals surface area contributed by atoms with E-state index in [0.29, 0.717) is 16.7 Å². The van der Waals surface area contributed by atoms with E-state index in [1.54, 1.807) is 36.4 Å². The molecule has 8 nitrogen and oxygen atoms in total. The number of benzene rings is 3. The summed E-state index contributed by atoms with van der Waals surface area (Å²) in [5.74, 6) is -1.30. The Hall–Kier alpha value is -4.72. The van der Waals surface area contributed by atoms with Crippen molar-refractivity contribution in [3.8, 4) is 34.5 Å². The molecule has 0 radical (unpaired) electrons. The Bertz CT molecular complexity index is 1260. The number of hydrogen-bond donors (Lipinski definition) is 3. The minimum Gasteiger partial charge on any atom is -0.504 e. The van der Waals surface area contributed by atoms with Gasteiger partial charge < -0.3 is 29.5 Å². The molecule has 3 aromatic carbocycles. The lowest BCUT2D eigenvalue weighted by molar-refractivity contribution is -0.127. The van der Waals surface area contributed by atoms with Crippen LogP contribution in [0, 0.1) is 5.92 Å². The van der Waals surface area contributed by atoms with Crippen LogP contribution in [-0.2, 0) is 16.0 Å². The van der Waals surface area contributed by atoms with E-state index in [1.807, 2.05) is 0 Å². The summed E-state index contributed by atoms with van der Waals surface area (Å²) < 4.78 is 15.3. The second-order valence-corrected chi connectivity index (χ2v) is 8.10. The summed E-state index contributed by atoms with van der Waals surface area (Å²) in [4.78, 5) is 26.4. The van der Waals surface area contributed by atoms with Crippen molar-refractivity contribution in [3.63, 3.8) is 0 Å². The molecule has 0 bridgehead atoms. The third-order valence-corrected chi connectivity index (χ3v) is 5.66. The van der Waals surface area contributed by atoms with E-state index < -0.39 is 17.5 Å². The number of hydrogen-bond acceptors (Lipinski definition) is 8. The molecule has 0 saturated carbocycles. The number of phenolic OH excluding ortho intramolecular Hbond substituents is 3. The van der Waals surface area contributed by atoms with E-state index in [0.717, 1.165) is 0 Å². The van der Waals surface area contributed by atoms with Gasteiger partial charge in [-0.15, -0.1) is 0 Å². The second-order valence-electron chi connectivity index (χ2n) is 8.10. The van der Waals surface area contributed by atoms with E-state index >= 15 is 0 Å². The molecule has 0 aliphatic carbocycles. The van der Waals surface area contributed by atoms with Crippen molar-refractivity contribution in [3.05, 3.63) is 83.4 Å². The van der Waals surface area contributed by atoms with E-state index in [1.165, 1.54) is 63.8 Å². The number of methoxy groups -OCH3 is 3. The first-order chi connectivity index (χ1) is 17.7. The van der Waals surface area contributed by atoms with E-state index in [9.17, 15) is 24.9 Å². The van der Waals surface area contributed by atoms with Crippen LogP contribution >= 0.6 is 0 Å². The highest BCUT2D eigenvalue weighted by Gasteiger charge is 2.24. The minimum atomic E-state index is -1.06. The predicted octanol–water partition coefficient (Wildman–Crippen LogP) is 4.55. The number of allylic oxidation sites excluding steroid dienone is 2. The number of rotatable bonds is 11. The van der Waals surface area contributed by atoms with Crippen LogP contribution in [-0.4, -0.2) is 48.2 Å². The lowest BCUT2D eigenvalue weighted by atomic mass is 9.90. The van der Waals surface area contributed by atoms with Crippen molar-refractivity contribution in [1.82, 2.24) is 0 Å². The number of aromatic hydroxyl groups is 3. The molecular weight excluding hydrogens is 476 g/mol. The van der Waals surface area contributed by atoms with Crippen LogP contribution in [0.2, 0.25) is 0 Å². The van der Waals surface area contributed by atoms with E-state index in [4.69, 9.17) is 14.2 Å². The lowest BCUT2D eigenvalue weighted by Gasteiger charge is -2.13. The van der Waals surface area contributed by atoms with E-state index in [2.05, 4.69) is 0 Å². The van der Waals surface area contributed by atoms with Gasteiger partial charge in [0.25, 0.3) is 0 Å². The Morgan fingerprint density at radius 1 is 0.676 bits per heavy atom. The molecule has 0 spiro atoms. The van der Waals surface area contributed by atoms with Gasteiger partial charge in [-0.1, -0.05) is 30.4 Å². The molecule has 3 aromatic rings. The Morgan fingerprint density at radius 3 is 1.51 bits per heavy atom. The molecule has 192 valence electrons. The maximum absolute atomic E-state index is 13.2. The fraction of sp³-hybridized carbons (Fsp3) is 0.172. The molecule has 0 aromatic heterocycles. The molecule has 0 aliphatic heterocycles. The van der Waals surface area contributed by atoms with Gasteiger partial charge in [0.05, 0.1) is 27.2 Å². The molecule has 0 amide bonds. The summed E-state index contributed by atoms with van der Waals surface area (Å²) in [6, 6.07) is 13.9. The zero-order valence-electron chi connectivity index (χ0n) is 20.7. The van der Waals surface area contributed by atoms with Gasteiger partial charge in [0.15, 0.2) is 46.1 Å². The first-order valence-electron chi connectivity index (χ1n) is 11.3. The van der Waals surface area contributed by atoms with Gasteiger partial charge in [0.2, 0.25) is 0 Å². The Morgan fingerprint density at radius 2 is 1.08 bits per heavy atom. The highest BCUT2D eigenvalue weighted by molar-refractivity contribution is 6.13. The maximum atomic E-state index is 13.2. The molecule has 0 atom stereocenters. The standard InChI is InChI=1S/C29H28O8/c1-35-27-15-18(6-11-24(27)32)4-9-22(30)21(14-20-8-13-26(34)29(17-20)37-3)23(31)10-5-19-7-12-25(33)28(16-19)36-2/h4-13,15-17,21,32-34H,14H2,1-3H3/b9-4+,10-5+. The molecule has 37 heavy (non-hydrogen) atoms. The van der Waals surface area contributed by atoms with Crippen molar-refractivity contribution < 1.29 is 39.1 Å². The minimum absolute atomic E-state index is 0.0312. The quantitative estimate of drug-likeness (QED) is 0.257. The van der Waals surface area contributed by atoms with Gasteiger partial charge in [-0.25, -0.2) is 0 Å². The Balaban J connectivity index is 1.90. The normalized spacial score (nSPS) is 11.2. The predicted molar refractivity (Wildman–Crippen MR) is 139 cm³/mol. The van der Waals surface area contributed by atoms with Crippen LogP contribution in [0.5, 0.6) is 34.5 Å². The maximum Gasteiger partial charge on any atom is 0.166 e. The number of carbonyl (C=O) groups is 2. The molecule has 3 rings (SSSR count). The van der Waals surface area contributed by atoms with E-state index in [-0.39, 0.29) is 40.9 Å². The third kappa shape index (κ3) is 6.91. The first-order valence-corrected chi connectivity index (χ1v) is 11.3. The van der Waals surface area contributed by atoms with Crippen LogP contribution in [0.15, 0.2) is 66.7 Å². The van der Waals surface area contributed by atoms with Gasteiger partial charge in [-0.05, 0) is 71.7 Å². The largest absolute Gasteiger partial charge is 0.504 e. The summed E-state index contributed by atoms with van der Waals surface area (Å²) in [7, 11) is 4.25. The fourth-order valence-electron chi connectivity index (χ4n) is 3.61. The van der Waals surface area contributed by atoms with Crippen molar-refractivity contribution in [1.29, 1.82) is 0 Å². The summed E-state index contributed by atoms with van der Waals surface area (Å²) >= 11 is 0. The summed E-state index contributed by atoms with van der Waals surface area (Å²) in [6.07, 6.45) is 5.76. The van der Waals surface area contributed by atoms with Crippen LogP contribution in [0.4, 0.5) is 0 Å². The Kier molecular flexibility index (Phi) is 8.94. The van der Waals surface area contributed by atoms with Crippen molar-refractivity contribution in [2.75, 3.05) is 21.3 Å². The molecule has 0 unspecified atom stereocenters. The molecule has 0 heterocycles. The SMILES string of the molecule is COc1cc(/C=C/C(=O)C(Cc2ccc(O)c(OC)c2)C(=O)/C=C/c2ccc(O)c(OC)c2)ccc1O. The average molecular weight is 505 g/mol. The monoisotopic (exact) mass is 504 g/mol. The van der Waals surface area contributed by atoms with Crippen LogP contribution in [0.25, 0.3) is 12.2 Å². The first kappa shape index (κ1) is 26.9. The van der Waals surface area contributed by atoms with Crippen LogP contribution < -0.4 is 14.2 Å². The van der Waals surface area contributed by atoms with Gasteiger partial charge in [-0.3, -0.25) is 9.59 Å². The third-order valence-electron chi connectivity index (χ3n) is 5.66. The zero-order chi connectivity index (χ0) is 26.9. The highest BCUT2D eigenvalue weighted by Crippen LogP contribution is 2.30. The summed E-state index contributed by atoms with van der Waals surface area (Å²) in [5.41, 5.74) is 1.83. The van der Waals surface area contributed by atoms with Crippen molar-refractivity contribution >= 4 is 23.7 Å². The highest BCUT2D eigenvalue weighted by atomic mass is 16.5. The number of ether oxygens (including phenoxy) is 3. The van der Waals surface area contributed by atoms with Gasteiger partial charge >= 0.3 is 0 Å².